The molecule has 0 aliphatic carbocycles. The molecule has 0 aliphatic heterocycles. The molecule has 0 aliphatic rings. The molecule has 0 fully saturated rings. The Hall–Kier alpha value is -3.28. The number of carbonyl (C=O) groups excluding carboxylic acids is 1. The summed E-state index contributed by atoms with van der Waals surface area (Å²) in [4.78, 5) is 12.1. The van der Waals surface area contributed by atoms with Gasteiger partial charge in [-0.3, -0.25) is 4.79 Å². The van der Waals surface area contributed by atoms with Crippen LogP contribution in [0.1, 0.15) is 29.8 Å². The maximum absolute atomic E-state index is 13.6. The van der Waals surface area contributed by atoms with E-state index in [0.29, 0.717) is 5.56 Å². The highest BCUT2D eigenvalue weighted by atomic mass is 19.1. The molecule has 0 radical (unpaired) electrons. The highest BCUT2D eigenvalue weighted by molar-refractivity contribution is 5.92. The van der Waals surface area contributed by atoms with Crippen molar-refractivity contribution >= 4 is 12.0 Å². The van der Waals surface area contributed by atoms with Crippen LogP contribution in [-0.4, -0.2) is 15.7 Å². The summed E-state index contributed by atoms with van der Waals surface area (Å²) in [6, 6.07) is 12.0. The molecule has 1 heterocycles. The first-order chi connectivity index (χ1) is 13.0. The molecule has 0 saturated carbocycles. The molecule has 3 rings (SSSR count). The standard InChI is InChI=1S/C21H19F2N3O/c1-14(25-21(27)12-7-16-5-3-4-6-20(16)23)19-13-24-26(15(19)2)18-10-8-17(22)9-11-18/h3-14H,1-2H3,(H,25,27)/b12-7+. The van der Waals surface area contributed by atoms with Crippen molar-refractivity contribution in [3.8, 4) is 5.69 Å². The lowest BCUT2D eigenvalue weighted by atomic mass is 10.1. The second-order valence-electron chi connectivity index (χ2n) is 6.16. The maximum atomic E-state index is 13.6. The Morgan fingerprint density at radius 1 is 1.15 bits per heavy atom. The molecular weight excluding hydrogens is 348 g/mol. The van der Waals surface area contributed by atoms with E-state index in [0.717, 1.165) is 16.9 Å². The van der Waals surface area contributed by atoms with Crippen LogP contribution in [0.15, 0.2) is 60.8 Å². The van der Waals surface area contributed by atoms with Gasteiger partial charge in [-0.15, -0.1) is 0 Å². The number of hydrogen-bond donors (Lipinski definition) is 1. The van der Waals surface area contributed by atoms with Crippen molar-refractivity contribution in [3.05, 3.63) is 89.3 Å². The molecule has 2 aromatic carbocycles. The number of halogens is 2. The molecule has 6 heteroatoms. The van der Waals surface area contributed by atoms with Gasteiger partial charge in [0.15, 0.2) is 0 Å². The van der Waals surface area contributed by atoms with Gasteiger partial charge in [0.25, 0.3) is 0 Å². The molecule has 0 spiro atoms. The SMILES string of the molecule is Cc1c(C(C)NC(=O)/C=C/c2ccccc2F)cnn1-c1ccc(F)cc1. The van der Waals surface area contributed by atoms with Crippen LogP contribution in [0.4, 0.5) is 8.78 Å². The Morgan fingerprint density at radius 2 is 1.85 bits per heavy atom. The third-order valence-electron chi connectivity index (χ3n) is 4.26. The minimum atomic E-state index is -0.383. The number of aromatic nitrogens is 2. The Bertz CT molecular complexity index is 977. The highest BCUT2D eigenvalue weighted by Crippen LogP contribution is 2.20. The van der Waals surface area contributed by atoms with Crippen molar-refractivity contribution < 1.29 is 13.6 Å². The number of nitrogens with zero attached hydrogens (tertiary/aromatic N) is 2. The van der Waals surface area contributed by atoms with Crippen LogP contribution in [0.25, 0.3) is 11.8 Å². The monoisotopic (exact) mass is 367 g/mol. The zero-order chi connectivity index (χ0) is 19.4. The molecule has 1 aromatic heterocycles. The van der Waals surface area contributed by atoms with Crippen molar-refractivity contribution in [2.75, 3.05) is 0 Å². The number of rotatable bonds is 5. The summed E-state index contributed by atoms with van der Waals surface area (Å²) in [6.45, 7) is 3.72. The number of nitrogens with one attached hydrogen (secondary N) is 1. The zero-order valence-corrected chi connectivity index (χ0v) is 15.0. The normalized spacial score (nSPS) is 12.3. The second-order valence-corrected chi connectivity index (χ2v) is 6.16. The maximum Gasteiger partial charge on any atom is 0.244 e. The van der Waals surface area contributed by atoms with E-state index in [9.17, 15) is 13.6 Å². The fourth-order valence-corrected chi connectivity index (χ4v) is 2.80. The Balaban J connectivity index is 1.71. The van der Waals surface area contributed by atoms with E-state index in [1.54, 1.807) is 41.2 Å². The van der Waals surface area contributed by atoms with E-state index in [1.165, 1.54) is 30.4 Å². The van der Waals surface area contributed by atoms with Gasteiger partial charge >= 0.3 is 0 Å². The summed E-state index contributed by atoms with van der Waals surface area (Å²) in [5, 5.41) is 7.16. The molecule has 3 aromatic rings. The van der Waals surface area contributed by atoms with E-state index in [-0.39, 0.29) is 23.6 Å². The largest absolute Gasteiger partial charge is 0.346 e. The second kappa shape index (κ2) is 7.95. The first kappa shape index (κ1) is 18.5. The number of amides is 1. The van der Waals surface area contributed by atoms with Gasteiger partial charge in [-0.25, -0.2) is 13.5 Å². The molecule has 138 valence electrons. The van der Waals surface area contributed by atoms with Gasteiger partial charge in [-0.2, -0.15) is 5.10 Å². The predicted molar refractivity (Wildman–Crippen MR) is 100 cm³/mol. The zero-order valence-electron chi connectivity index (χ0n) is 15.0. The van der Waals surface area contributed by atoms with Gasteiger partial charge in [0.1, 0.15) is 11.6 Å². The van der Waals surface area contributed by atoms with E-state index in [4.69, 9.17) is 0 Å². The summed E-state index contributed by atoms with van der Waals surface area (Å²) < 4.78 is 28.4. The minimum Gasteiger partial charge on any atom is -0.346 e. The molecule has 1 atom stereocenters. The van der Waals surface area contributed by atoms with Crippen LogP contribution >= 0.6 is 0 Å². The van der Waals surface area contributed by atoms with Crippen LogP contribution in [0.3, 0.4) is 0 Å². The molecule has 4 nitrogen and oxygen atoms in total. The van der Waals surface area contributed by atoms with Crippen molar-refractivity contribution in [2.24, 2.45) is 0 Å². The summed E-state index contributed by atoms with van der Waals surface area (Å²) in [7, 11) is 0. The molecule has 1 N–H and O–H groups in total. The smallest absolute Gasteiger partial charge is 0.244 e. The third-order valence-corrected chi connectivity index (χ3v) is 4.26. The average molecular weight is 367 g/mol. The third kappa shape index (κ3) is 4.28. The summed E-state index contributed by atoms with van der Waals surface area (Å²) in [5.41, 5.74) is 2.76. The quantitative estimate of drug-likeness (QED) is 0.682. The van der Waals surface area contributed by atoms with Crippen LogP contribution in [0, 0.1) is 18.6 Å². The molecule has 27 heavy (non-hydrogen) atoms. The van der Waals surface area contributed by atoms with Crippen molar-refractivity contribution in [1.29, 1.82) is 0 Å². The summed E-state index contributed by atoms with van der Waals surface area (Å²) in [5.74, 6) is -1.03. The van der Waals surface area contributed by atoms with E-state index >= 15 is 0 Å². The van der Waals surface area contributed by atoms with Gasteiger partial charge in [-0.1, -0.05) is 18.2 Å². The van der Waals surface area contributed by atoms with Crippen molar-refractivity contribution in [2.45, 2.75) is 19.9 Å². The van der Waals surface area contributed by atoms with Gasteiger partial charge in [-0.05, 0) is 50.3 Å². The van der Waals surface area contributed by atoms with Crippen LogP contribution < -0.4 is 5.32 Å². The lowest BCUT2D eigenvalue weighted by Crippen LogP contribution is -2.25. The molecule has 0 saturated heterocycles. The molecule has 1 unspecified atom stereocenters. The van der Waals surface area contributed by atoms with Gasteiger partial charge in [0.2, 0.25) is 5.91 Å². The Labute approximate surface area is 156 Å². The lowest BCUT2D eigenvalue weighted by Gasteiger charge is -2.13. The van der Waals surface area contributed by atoms with Gasteiger partial charge in [0.05, 0.1) is 17.9 Å². The number of hydrogen-bond acceptors (Lipinski definition) is 2. The van der Waals surface area contributed by atoms with E-state index in [1.807, 2.05) is 13.8 Å². The molecular formula is C21H19F2N3O. The number of benzene rings is 2. The van der Waals surface area contributed by atoms with Crippen LogP contribution in [0.5, 0.6) is 0 Å². The first-order valence-corrected chi connectivity index (χ1v) is 8.49. The van der Waals surface area contributed by atoms with Crippen LogP contribution in [0.2, 0.25) is 0 Å². The predicted octanol–water partition coefficient (Wildman–Crippen LogP) is 4.35. The lowest BCUT2D eigenvalue weighted by molar-refractivity contribution is -0.117. The first-order valence-electron chi connectivity index (χ1n) is 8.49. The fourth-order valence-electron chi connectivity index (χ4n) is 2.80. The van der Waals surface area contributed by atoms with Crippen molar-refractivity contribution in [1.82, 2.24) is 15.1 Å². The highest BCUT2D eigenvalue weighted by Gasteiger charge is 2.15. The number of carbonyl (C=O) groups is 1. The van der Waals surface area contributed by atoms with Crippen LogP contribution in [-0.2, 0) is 4.79 Å². The van der Waals surface area contributed by atoms with Crippen molar-refractivity contribution in [3.63, 3.8) is 0 Å². The molecule has 1 amide bonds. The minimum absolute atomic E-state index is 0.294. The molecule has 0 bridgehead atoms. The summed E-state index contributed by atoms with van der Waals surface area (Å²) >= 11 is 0. The Morgan fingerprint density at radius 3 is 2.56 bits per heavy atom. The Kier molecular flexibility index (Phi) is 5.45. The van der Waals surface area contributed by atoms with E-state index in [2.05, 4.69) is 10.4 Å². The average Bonchev–Trinajstić information content (AvgIpc) is 3.03. The topological polar surface area (TPSA) is 46.9 Å². The van der Waals surface area contributed by atoms with Gasteiger partial charge in [0, 0.05) is 22.9 Å². The summed E-state index contributed by atoms with van der Waals surface area (Å²) in [6.07, 6.45) is 4.41. The fraction of sp³-hybridized carbons (Fsp3) is 0.143. The van der Waals surface area contributed by atoms with E-state index < -0.39 is 0 Å². The van der Waals surface area contributed by atoms with Gasteiger partial charge < -0.3 is 5.32 Å².